The smallest absolute Gasteiger partial charge is 0.407 e. The molecule has 0 radical (unpaired) electrons. The van der Waals surface area contributed by atoms with Crippen molar-refractivity contribution >= 4 is 11.8 Å². The molecule has 0 saturated heterocycles. The zero-order valence-corrected chi connectivity index (χ0v) is 15.0. The first-order chi connectivity index (χ1) is 12.1. The molecule has 25 heavy (non-hydrogen) atoms. The molecule has 2 aromatic carbocycles. The Morgan fingerprint density at radius 3 is 2.52 bits per heavy atom. The Labute approximate surface area is 149 Å². The first-order valence-electron chi connectivity index (χ1n) is 8.89. The second-order valence-corrected chi connectivity index (χ2v) is 7.04. The van der Waals surface area contributed by atoms with E-state index in [0.29, 0.717) is 12.0 Å². The van der Waals surface area contributed by atoms with Crippen molar-refractivity contribution in [3.05, 3.63) is 65.7 Å². The lowest BCUT2D eigenvalue weighted by molar-refractivity contribution is 0.129. The number of carbonyl (C=O) groups excluding carboxylic acids is 1. The van der Waals surface area contributed by atoms with Crippen molar-refractivity contribution in [2.45, 2.75) is 39.5 Å². The third-order valence-electron chi connectivity index (χ3n) is 4.91. The van der Waals surface area contributed by atoms with Crippen LogP contribution in [0.2, 0.25) is 0 Å². The molecule has 0 aliphatic carbocycles. The lowest BCUT2D eigenvalue weighted by Gasteiger charge is -2.41. The van der Waals surface area contributed by atoms with Crippen LogP contribution in [0.15, 0.2) is 54.6 Å². The molecule has 132 valence electrons. The highest BCUT2D eigenvalue weighted by atomic mass is 16.5. The number of rotatable bonds is 4. The maximum Gasteiger partial charge on any atom is 0.407 e. The van der Waals surface area contributed by atoms with Crippen LogP contribution in [0.25, 0.3) is 0 Å². The van der Waals surface area contributed by atoms with Crippen LogP contribution in [0, 0.1) is 11.8 Å². The van der Waals surface area contributed by atoms with E-state index in [-0.39, 0.29) is 24.7 Å². The molecule has 2 N–H and O–H groups in total. The third kappa shape index (κ3) is 3.95. The van der Waals surface area contributed by atoms with Gasteiger partial charge >= 0.3 is 6.09 Å². The molecule has 0 aromatic heterocycles. The summed E-state index contributed by atoms with van der Waals surface area (Å²) in [6.45, 7) is 6.86. The zero-order chi connectivity index (χ0) is 17.8. The van der Waals surface area contributed by atoms with E-state index in [1.165, 1.54) is 0 Å². The molecule has 1 aliphatic heterocycles. The van der Waals surface area contributed by atoms with Gasteiger partial charge in [0, 0.05) is 17.6 Å². The molecule has 1 heterocycles. The van der Waals surface area contributed by atoms with Crippen LogP contribution in [0.3, 0.4) is 0 Å². The number of amides is 1. The number of para-hydroxylation sites is 1. The standard InChI is InChI=1S/C21H26N2O2/c1-14(2)19-15(3)20(17-11-7-8-12-18(17)22-19)23-21(24)25-13-16-9-5-4-6-10-16/h4-12,14-15,19-20,22H,13H2,1-3H3,(H,23,24)/t15?,19-,20+/m0/s1. The van der Waals surface area contributed by atoms with Gasteiger partial charge in [-0.05, 0) is 23.1 Å². The average Bonchev–Trinajstić information content (AvgIpc) is 2.62. The minimum absolute atomic E-state index is 0.0619. The van der Waals surface area contributed by atoms with Crippen molar-refractivity contribution < 1.29 is 9.53 Å². The Balaban J connectivity index is 1.72. The predicted molar refractivity (Wildman–Crippen MR) is 100 cm³/mol. The van der Waals surface area contributed by atoms with E-state index in [9.17, 15) is 4.79 Å². The average molecular weight is 338 g/mol. The van der Waals surface area contributed by atoms with Crippen LogP contribution in [0.1, 0.15) is 37.9 Å². The molecule has 2 aromatic rings. The number of alkyl carbamates (subject to hydrolysis) is 1. The molecule has 3 atom stereocenters. The maximum atomic E-state index is 12.4. The van der Waals surface area contributed by atoms with Gasteiger partial charge in [-0.1, -0.05) is 69.3 Å². The second kappa shape index (κ2) is 7.60. The Morgan fingerprint density at radius 2 is 1.80 bits per heavy atom. The number of benzene rings is 2. The Bertz CT molecular complexity index is 715. The summed E-state index contributed by atoms with van der Waals surface area (Å²) in [5.74, 6) is 0.729. The van der Waals surface area contributed by atoms with Gasteiger partial charge in [-0.15, -0.1) is 0 Å². The molecule has 0 fully saturated rings. The first-order valence-corrected chi connectivity index (χ1v) is 8.89. The summed E-state index contributed by atoms with van der Waals surface area (Å²) in [6.07, 6.45) is -0.375. The van der Waals surface area contributed by atoms with E-state index in [2.05, 4.69) is 43.5 Å². The van der Waals surface area contributed by atoms with E-state index in [1.54, 1.807) is 0 Å². The summed E-state index contributed by atoms with van der Waals surface area (Å²) in [5.41, 5.74) is 3.19. The number of hydrogen-bond donors (Lipinski definition) is 2. The van der Waals surface area contributed by atoms with Gasteiger partial charge in [0.1, 0.15) is 6.61 Å². The number of nitrogens with one attached hydrogen (secondary N) is 2. The van der Waals surface area contributed by atoms with Gasteiger partial charge < -0.3 is 15.4 Å². The molecular weight excluding hydrogens is 312 g/mol. The molecule has 4 nitrogen and oxygen atoms in total. The fourth-order valence-electron chi connectivity index (χ4n) is 3.58. The SMILES string of the molecule is CC(C)[C@@H]1Nc2ccccc2[C@H](NC(=O)OCc2ccccc2)C1C. The molecule has 0 spiro atoms. The van der Waals surface area contributed by atoms with Crippen molar-refractivity contribution in [1.82, 2.24) is 5.32 Å². The Hall–Kier alpha value is -2.49. The van der Waals surface area contributed by atoms with Gasteiger partial charge in [-0.2, -0.15) is 0 Å². The quantitative estimate of drug-likeness (QED) is 0.846. The lowest BCUT2D eigenvalue weighted by Crippen LogP contribution is -2.46. The number of anilines is 1. The number of ether oxygens (including phenoxy) is 1. The molecule has 0 saturated carbocycles. The number of fused-ring (bicyclic) bond motifs is 1. The van der Waals surface area contributed by atoms with Gasteiger partial charge in [0.2, 0.25) is 0 Å². The largest absolute Gasteiger partial charge is 0.445 e. The molecular formula is C21H26N2O2. The predicted octanol–water partition coefficient (Wildman–Crippen LogP) is 4.74. The van der Waals surface area contributed by atoms with Gasteiger partial charge in [-0.25, -0.2) is 4.79 Å². The Kier molecular flexibility index (Phi) is 5.27. The maximum absolute atomic E-state index is 12.4. The van der Waals surface area contributed by atoms with Gasteiger partial charge in [0.15, 0.2) is 0 Å². The van der Waals surface area contributed by atoms with Crippen LogP contribution in [0.4, 0.5) is 10.5 Å². The second-order valence-electron chi connectivity index (χ2n) is 7.04. The minimum atomic E-state index is -0.375. The van der Waals surface area contributed by atoms with Crippen molar-refractivity contribution in [3.63, 3.8) is 0 Å². The minimum Gasteiger partial charge on any atom is -0.445 e. The number of hydrogen-bond acceptors (Lipinski definition) is 3. The summed E-state index contributed by atoms with van der Waals surface area (Å²) in [4.78, 5) is 12.4. The summed E-state index contributed by atoms with van der Waals surface area (Å²) >= 11 is 0. The van der Waals surface area contributed by atoms with Gasteiger partial charge in [0.25, 0.3) is 0 Å². The summed E-state index contributed by atoms with van der Waals surface area (Å²) < 4.78 is 5.42. The zero-order valence-electron chi connectivity index (χ0n) is 15.0. The summed E-state index contributed by atoms with van der Waals surface area (Å²) in [7, 11) is 0. The molecule has 3 rings (SSSR count). The highest BCUT2D eigenvalue weighted by molar-refractivity contribution is 5.69. The molecule has 1 unspecified atom stereocenters. The van der Waals surface area contributed by atoms with Crippen LogP contribution < -0.4 is 10.6 Å². The van der Waals surface area contributed by atoms with Crippen LogP contribution in [-0.2, 0) is 11.3 Å². The third-order valence-corrected chi connectivity index (χ3v) is 4.91. The highest BCUT2D eigenvalue weighted by Crippen LogP contribution is 2.38. The van der Waals surface area contributed by atoms with Crippen LogP contribution in [-0.4, -0.2) is 12.1 Å². The molecule has 1 amide bonds. The van der Waals surface area contributed by atoms with Crippen molar-refractivity contribution in [2.24, 2.45) is 11.8 Å². The molecule has 0 bridgehead atoms. The summed E-state index contributed by atoms with van der Waals surface area (Å²) in [5, 5.41) is 6.69. The van der Waals surface area contributed by atoms with E-state index in [0.717, 1.165) is 16.8 Å². The Morgan fingerprint density at radius 1 is 1.12 bits per heavy atom. The normalized spacial score (nSPS) is 22.0. The van der Waals surface area contributed by atoms with Gasteiger partial charge in [0.05, 0.1) is 6.04 Å². The fraction of sp³-hybridized carbons (Fsp3) is 0.381. The highest BCUT2D eigenvalue weighted by Gasteiger charge is 2.36. The monoisotopic (exact) mass is 338 g/mol. The van der Waals surface area contributed by atoms with E-state index < -0.39 is 0 Å². The fourth-order valence-corrected chi connectivity index (χ4v) is 3.58. The van der Waals surface area contributed by atoms with E-state index >= 15 is 0 Å². The molecule has 1 aliphatic rings. The van der Waals surface area contributed by atoms with Crippen molar-refractivity contribution in [1.29, 1.82) is 0 Å². The van der Waals surface area contributed by atoms with Crippen LogP contribution in [0.5, 0.6) is 0 Å². The van der Waals surface area contributed by atoms with E-state index in [4.69, 9.17) is 4.74 Å². The first kappa shape index (κ1) is 17.3. The summed E-state index contributed by atoms with van der Waals surface area (Å²) in [6, 6.07) is 18.1. The number of carbonyl (C=O) groups is 1. The van der Waals surface area contributed by atoms with Gasteiger partial charge in [-0.3, -0.25) is 0 Å². The van der Waals surface area contributed by atoms with Crippen molar-refractivity contribution in [2.75, 3.05) is 5.32 Å². The molecule has 4 heteroatoms. The van der Waals surface area contributed by atoms with Crippen molar-refractivity contribution in [3.8, 4) is 0 Å². The topological polar surface area (TPSA) is 50.4 Å². The lowest BCUT2D eigenvalue weighted by atomic mass is 9.79. The van der Waals surface area contributed by atoms with Crippen LogP contribution >= 0.6 is 0 Å². The van der Waals surface area contributed by atoms with E-state index in [1.807, 2.05) is 42.5 Å².